The summed E-state index contributed by atoms with van der Waals surface area (Å²) in [4.78, 5) is 16.5. The van der Waals surface area contributed by atoms with Crippen LogP contribution in [0.1, 0.15) is 50.1 Å². The van der Waals surface area contributed by atoms with Crippen LogP contribution in [0.25, 0.3) is 0 Å². The molecule has 2 aliphatic rings. The van der Waals surface area contributed by atoms with Crippen LogP contribution >= 0.6 is 11.6 Å². The quantitative estimate of drug-likeness (QED) is 0.657. The lowest BCUT2D eigenvalue weighted by molar-refractivity contribution is 0.0349. The summed E-state index contributed by atoms with van der Waals surface area (Å²) in [5, 5.41) is 12.2. The molecular formula is C23H32ClN5O4. The Morgan fingerprint density at radius 2 is 2.15 bits per heavy atom. The van der Waals surface area contributed by atoms with E-state index in [2.05, 4.69) is 27.3 Å². The van der Waals surface area contributed by atoms with Gasteiger partial charge in [0.05, 0.1) is 18.6 Å². The van der Waals surface area contributed by atoms with Crippen LogP contribution in [0.2, 0.25) is 5.02 Å². The molecule has 0 saturated carbocycles. The third-order valence-corrected chi connectivity index (χ3v) is 6.34. The van der Waals surface area contributed by atoms with Crippen molar-refractivity contribution >= 4 is 29.4 Å². The van der Waals surface area contributed by atoms with Crippen LogP contribution < -0.4 is 5.32 Å². The van der Waals surface area contributed by atoms with Crippen molar-refractivity contribution in [3.63, 3.8) is 0 Å². The number of anilines is 2. The number of carbonyl (C=O) groups is 1. The van der Waals surface area contributed by atoms with Crippen LogP contribution in [0.5, 0.6) is 0 Å². The van der Waals surface area contributed by atoms with Gasteiger partial charge in [-0.05, 0) is 57.4 Å². The number of rotatable bonds is 6. The van der Waals surface area contributed by atoms with E-state index in [1.807, 2.05) is 32.9 Å². The summed E-state index contributed by atoms with van der Waals surface area (Å²) in [6, 6.07) is 4.27. The molecule has 1 aromatic carbocycles. The lowest BCUT2D eigenvalue weighted by Gasteiger charge is -2.39. The van der Waals surface area contributed by atoms with Gasteiger partial charge >= 0.3 is 12.1 Å². The molecule has 33 heavy (non-hydrogen) atoms. The van der Waals surface area contributed by atoms with Crippen LogP contribution in [0.15, 0.2) is 16.5 Å². The zero-order chi connectivity index (χ0) is 23.5. The van der Waals surface area contributed by atoms with Crippen molar-refractivity contribution in [2.45, 2.75) is 58.7 Å². The van der Waals surface area contributed by atoms with E-state index in [0.717, 1.165) is 49.5 Å². The minimum Gasteiger partial charge on any atom is -0.447 e. The first-order chi connectivity index (χ1) is 15.8. The zero-order valence-corrected chi connectivity index (χ0v) is 20.4. The molecule has 2 saturated heterocycles. The predicted molar refractivity (Wildman–Crippen MR) is 125 cm³/mol. The average Bonchev–Trinajstić information content (AvgIpc) is 3.43. The number of aromatic nitrogens is 2. The van der Waals surface area contributed by atoms with Crippen molar-refractivity contribution in [3.05, 3.63) is 34.2 Å². The van der Waals surface area contributed by atoms with E-state index < -0.39 is 0 Å². The molecule has 0 radical (unpaired) electrons. The van der Waals surface area contributed by atoms with Gasteiger partial charge < -0.3 is 24.1 Å². The maximum Gasteiger partial charge on any atom is 0.410 e. The first-order valence-electron chi connectivity index (χ1n) is 11.5. The van der Waals surface area contributed by atoms with E-state index in [1.165, 1.54) is 0 Å². The number of carbonyl (C=O) groups excluding carboxylic acids is 1. The molecule has 2 aliphatic heterocycles. The highest BCUT2D eigenvalue weighted by molar-refractivity contribution is 6.31. The molecule has 1 N–H and O–H groups in total. The van der Waals surface area contributed by atoms with Crippen molar-refractivity contribution in [1.29, 1.82) is 0 Å². The maximum atomic E-state index is 12.3. The number of hydrogen-bond donors (Lipinski definition) is 1. The van der Waals surface area contributed by atoms with Crippen LogP contribution in [0.3, 0.4) is 0 Å². The van der Waals surface area contributed by atoms with Gasteiger partial charge in [0.1, 0.15) is 0 Å². The number of ether oxygens (including phenoxy) is 2. The number of nitrogens with one attached hydrogen (secondary N) is 1. The summed E-state index contributed by atoms with van der Waals surface area (Å²) < 4.78 is 16.6. The fraction of sp³-hybridized carbons (Fsp3) is 0.609. The van der Waals surface area contributed by atoms with Gasteiger partial charge in [-0.2, -0.15) is 0 Å². The Hall–Kier alpha value is -2.36. The van der Waals surface area contributed by atoms with Gasteiger partial charge in [0.15, 0.2) is 0 Å². The van der Waals surface area contributed by atoms with Crippen molar-refractivity contribution in [2.24, 2.45) is 0 Å². The smallest absolute Gasteiger partial charge is 0.410 e. The molecular weight excluding hydrogens is 446 g/mol. The second kappa shape index (κ2) is 10.3. The summed E-state index contributed by atoms with van der Waals surface area (Å²) in [5.74, 6) is 0.750. The fourth-order valence-corrected chi connectivity index (χ4v) is 4.52. The number of amides is 1. The highest BCUT2D eigenvalue weighted by atomic mass is 35.5. The van der Waals surface area contributed by atoms with Gasteiger partial charge in [0.2, 0.25) is 5.89 Å². The van der Waals surface area contributed by atoms with E-state index in [9.17, 15) is 4.79 Å². The molecule has 2 aromatic rings. The highest BCUT2D eigenvalue weighted by Gasteiger charge is 2.29. The first-order valence-corrected chi connectivity index (χ1v) is 11.8. The van der Waals surface area contributed by atoms with Crippen LogP contribution in [-0.4, -0.2) is 71.1 Å². The highest BCUT2D eigenvalue weighted by Crippen LogP contribution is 2.30. The Morgan fingerprint density at radius 3 is 2.85 bits per heavy atom. The summed E-state index contributed by atoms with van der Waals surface area (Å²) in [7, 11) is 0. The Balaban J connectivity index is 1.41. The van der Waals surface area contributed by atoms with Crippen molar-refractivity contribution in [1.82, 2.24) is 20.0 Å². The number of benzene rings is 1. The molecule has 10 heteroatoms. The molecule has 0 bridgehead atoms. The Morgan fingerprint density at radius 1 is 1.33 bits per heavy atom. The van der Waals surface area contributed by atoms with Gasteiger partial charge in [0.25, 0.3) is 0 Å². The second-order valence-electron chi connectivity index (χ2n) is 9.08. The number of hydrogen-bond acceptors (Lipinski definition) is 8. The van der Waals surface area contributed by atoms with E-state index >= 15 is 0 Å². The van der Waals surface area contributed by atoms with Gasteiger partial charge in [-0.25, -0.2) is 4.79 Å². The van der Waals surface area contributed by atoms with Gasteiger partial charge in [-0.3, -0.25) is 4.90 Å². The molecule has 180 valence electrons. The summed E-state index contributed by atoms with van der Waals surface area (Å²) in [5.41, 5.74) is 3.01. The molecule has 2 fully saturated rings. The Kier molecular flexibility index (Phi) is 7.41. The molecule has 1 amide bonds. The minimum absolute atomic E-state index is 0.0680. The van der Waals surface area contributed by atoms with Gasteiger partial charge in [-0.15, -0.1) is 5.10 Å². The average molecular weight is 478 g/mol. The van der Waals surface area contributed by atoms with Crippen LogP contribution in [0, 0.1) is 6.92 Å². The Labute approximate surface area is 199 Å². The van der Waals surface area contributed by atoms with E-state index in [1.54, 1.807) is 4.90 Å². The standard InChI is InChI=1S/C23H32ClN5O4/c1-14(2)32-23(30)29-7-6-28(11-15(29)3)12-18-9-19(24)10-20(16(18)4)25-22-27-26-21(33-22)17-5-8-31-13-17/h9-10,14-15,17H,5-8,11-13H2,1-4H3,(H,25,27)/t15-,17?/m0/s1. The normalized spacial score (nSPS) is 21.6. The number of nitrogens with zero attached hydrogens (tertiary/aromatic N) is 4. The second-order valence-corrected chi connectivity index (χ2v) is 9.51. The molecule has 1 aromatic heterocycles. The molecule has 0 aliphatic carbocycles. The van der Waals surface area contributed by atoms with Crippen molar-refractivity contribution in [3.8, 4) is 0 Å². The number of piperazine rings is 1. The lowest BCUT2D eigenvalue weighted by atomic mass is 10.0. The molecule has 3 heterocycles. The van der Waals surface area contributed by atoms with Crippen molar-refractivity contribution < 1.29 is 18.7 Å². The summed E-state index contributed by atoms with van der Waals surface area (Å²) in [6.07, 6.45) is 0.526. The van der Waals surface area contributed by atoms with Crippen molar-refractivity contribution in [2.75, 3.05) is 38.2 Å². The lowest BCUT2D eigenvalue weighted by Crippen LogP contribution is -2.54. The largest absolute Gasteiger partial charge is 0.447 e. The maximum absolute atomic E-state index is 12.3. The molecule has 9 nitrogen and oxygen atoms in total. The van der Waals surface area contributed by atoms with E-state index in [0.29, 0.717) is 30.1 Å². The molecule has 0 spiro atoms. The minimum atomic E-state index is -0.245. The molecule has 1 unspecified atom stereocenters. The third-order valence-electron chi connectivity index (χ3n) is 6.12. The van der Waals surface area contributed by atoms with E-state index in [4.69, 9.17) is 25.5 Å². The SMILES string of the molecule is Cc1c(CN2CCN(C(=O)OC(C)C)[C@@H](C)C2)cc(Cl)cc1Nc1nnc(C2CCOC2)o1. The number of halogens is 1. The topological polar surface area (TPSA) is 93.0 Å². The van der Waals surface area contributed by atoms with Gasteiger partial charge in [0, 0.05) is 49.5 Å². The third kappa shape index (κ3) is 5.77. The molecule has 4 rings (SSSR count). The summed E-state index contributed by atoms with van der Waals surface area (Å²) in [6.45, 7) is 12.1. The van der Waals surface area contributed by atoms with E-state index in [-0.39, 0.29) is 24.2 Å². The Bertz CT molecular complexity index is 976. The van der Waals surface area contributed by atoms with Gasteiger partial charge in [-0.1, -0.05) is 16.7 Å². The monoisotopic (exact) mass is 477 g/mol. The predicted octanol–water partition coefficient (Wildman–Crippen LogP) is 4.33. The molecule has 2 atom stereocenters. The first kappa shape index (κ1) is 23.8. The summed E-state index contributed by atoms with van der Waals surface area (Å²) >= 11 is 6.45. The van der Waals surface area contributed by atoms with Crippen LogP contribution in [-0.2, 0) is 16.0 Å². The van der Waals surface area contributed by atoms with Crippen LogP contribution in [0.4, 0.5) is 16.5 Å². The zero-order valence-electron chi connectivity index (χ0n) is 19.6. The fourth-order valence-electron chi connectivity index (χ4n) is 4.28.